The summed E-state index contributed by atoms with van der Waals surface area (Å²) in [4.78, 5) is 0. The van der Waals surface area contributed by atoms with Gasteiger partial charge in [0.2, 0.25) is 0 Å². The normalized spacial score (nSPS) is 19.3. The molecule has 0 bridgehead atoms. The van der Waals surface area contributed by atoms with Crippen molar-refractivity contribution in [3.8, 4) is 0 Å². The minimum Gasteiger partial charge on any atom is -0.303 e. The van der Waals surface area contributed by atoms with Crippen molar-refractivity contribution in [3.05, 3.63) is 71.3 Å². The van der Waals surface area contributed by atoms with E-state index in [0.717, 1.165) is 12.8 Å². The van der Waals surface area contributed by atoms with Crippen LogP contribution in [0.4, 0.5) is 0 Å². The summed E-state index contributed by atoms with van der Waals surface area (Å²) in [5.74, 6) is 0.504. The molecule has 0 saturated heterocycles. The van der Waals surface area contributed by atoms with E-state index in [9.17, 15) is 0 Å². The Morgan fingerprint density at radius 1 is 1.00 bits per heavy atom. The fourth-order valence-electron chi connectivity index (χ4n) is 3.12. The Morgan fingerprint density at radius 2 is 1.71 bits per heavy atom. The lowest BCUT2D eigenvalue weighted by Crippen LogP contribution is -2.27. The summed E-state index contributed by atoms with van der Waals surface area (Å²) in [6, 6.07) is 19.5. The second-order valence-corrected chi connectivity index (χ2v) is 5.91. The highest BCUT2D eigenvalue weighted by atomic mass is 15.4. The molecule has 21 heavy (non-hydrogen) atoms. The van der Waals surface area contributed by atoms with Crippen molar-refractivity contribution in [3.63, 3.8) is 0 Å². The zero-order valence-electron chi connectivity index (χ0n) is 12.8. The number of hydrogen-bond acceptors (Lipinski definition) is 2. The maximum Gasteiger partial charge on any atom is 0.0714 e. The van der Waals surface area contributed by atoms with Crippen LogP contribution in [0.15, 0.2) is 59.7 Å². The van der Waals surface area contributed by atoms with Gasteiger partial charge in [-0.25, -0.2) is 0 Å². The van der Waals surface area contributed by atoms with Crippen LogP contribution in [0.25, 0.3) is 0 Å². The second kappa shape index (κ2) is 6.13. The number of hydrazone groups is 1. The van der Waals surface area contributed by atoms with E-state index in [2.05, 4.69) is 54.6 Å². The van der Waals surface area contributed by atoms with Gasteiger partial charge in [-0.2, -0.15) is 5.10 Å². The smallest absolute Gasteiger partial charge is 0.0714 e. The Bertz CT molecular complexity index is 629. The highest BCUT2D eigenvalue weighted by Gasteiger charge is 2.25. The molecule has 3 rings (SSSR count). The van der Waals surface area contributed by atoms with E-state index < -0.39 is 0 Å². The zero-order chi connectivity index (χ0) is 14.7. The molecular formula is C19H22N2. The van der Waals surface area contributed by atoms with Crippen LogP contribution in [0, 0.1) is 5.92 Å². The largest absolute Gasteiger partial charge is 0.303 e. The Balaban J connectivity index is 1.94. The maximum atomic E-state index is 4.81. The van der Waals surface area contributed by atoms with Crippen molar-refractivity contribution < 1.29 is 0 Å². The Hall–Kier alpha value is -2.09. The van der Waals surface area contributed by atoms with Crippen LogP contribution in [-0.2, 0) is 12.8 Å². The fraction of sp³-hybridized carbons (Fsp3) is 0.316. The van der Waals surface area contributed by atoms with Crippen LogP contribution in [0.5, 0.6) is 0 Å². The van der Waals surface area contributed by atoms with Gasteiger partial charge in [0.1, 0.15) is 0 Å². The van der Waals surface area contributed by atoms with Crippen LogP contribution in [0.2, 0.25) is 0 Å². The first-order valence-electron chi connectivity index (χ1n) is 7.62. The number of hydrogen-bond donors (Lipinski definition) is 0. The minimum absolute atomic E-state index is 0.504. The first kappa shape index (κ1) is 13.9. The molecule has 2 heteroatoms. The lowest BCUT2D eigenvalue weighted by atomic mass is 9.79. The second-order valence-electron chi connectivity index (χ2n) is 5.91. The molecule has 2 aromatic carbocycles. The average molecular weight is 278 g/mol. The van der Waals surface area contributed by atoms with E-state index in [0.29, 0.717) is 5.92 Å². The fourth-order valence-corrected chi connectivity index (χ4v) is 3.12. The summed E-state index contributed by atoms with van der Waals surface area (Å²) in [6.45, 7) is 0. The van der Waals surface area contributed by atoms with Crippen LogP contribution < -0.4 is 0 Å². The van der Waals surface area contributed by atoms with Gasteiger partial charge in [0, 0.05) is 25.6 Å². The van der Waals surface area contributed by atoms with Crippen molar-refractivity contribution in [2.45, 2.75) is 19.3 Å². The zero-order valence-corrected chi connectivity index (χ0v) is 12.8. The molecule has 0 spiro atoms. The van der Waals surface area contributed by atoms with Gasteiger partial charge in [-0.15, -0.1) is 0 Å². The maximum absolute atomic E-state index is 4.81. The van der Waals surface area contributed by atoms with Crippen LogP contribution in [0.1, 0.15) is 23.1 Å². The third-order valence-electron chi connectivity index (χ3n) is 4.07. The number of aryl methyl sites for hydroxylation is 1. The molecule has 0 aliphatic heterocycles. The van der Waals surface area contributed by atoms with E-state index in [-0.39, 0.29) is 0 Å². The van der Waals surface area contributed by atoms with Gasteiger partial charge >= 0.3 is 0 Å². The lowest BCUT2D eigenvalue weighted by Gasteiger charge is -2.27. The standard InChI is InChI=1S/C19H22N2/c1-21(2)20-19-17(14-15-8-4-3-5-9-15)13-12-16-10-6-7-11-18(16)19/h3-11,17H,12-14H2,1-2H3/b20-19+. The van der Waals surface area contributed by atoms with Gasteiger partial charge < -0.3 is 5.01 Å². The minimum atomic E-state index is 0.504. The average Bonchev–Trinajstić information content (AvgIpc) is 2.50. The van der Waals surface area contributed by atoms with Crippen LogP contribution >= 0.6 is 0 Å². The lowest BCUT2D eigenvalue weighted by molar-refractivity contribution is 0.429. The molecule has 0 fully saturated rings. The third kappa shape index (κ3) is 3.15. The summed E-state index contributed by atoms with van der Waals surface area (Å²) < 4.78 is 0. The van der Waals surface area contributed by atoms with Gasteiger partial charge in [-0.05, 0) is 30.4 Å². The quantitative estimate of drug-likeness (QED) is 0.781. The van der Waals surface area contributed by atoms with Gasteiger partial charge in [-0.3, -0.25) is 0 Å². The van der Waals surface area contributed by atoms with Gasteiger partial charge in [0.25, 0.3) is 0 Å². The highest BCUT2D eigenvalue weighted by Crippen LogP contribution is 2.29. The van der Waals surface area contributed by atoms with E-state index in [1.54, 1.807) is 0 Å². The van der Waals surface area contributed by atoms with Crippen molar-refractivity contribution in [1.82, 2.24) is 5.01 Å². The summed E-state index contributed by atoms with van der Waals surface area (Å²) in [5.41, 5.74) is 5.40. The molecule has 2 nitrogen and oxygen atoms in total. The molecule has 0 N–H and O–H groups in total. The summed E-state index contributed by atoms with van der Waals surface area (Å²) >= 11 is 0. The summed E-state index contributed by atoms with van der Waals surface area (Å²) in [7, 11) is 4.01. The first-order valence-corrected chi connectivity index (χ1v) is 7.62. The van der Waals surface area contributed by atoms with E-state index in [1.165, 1.54) is 28.8 Å². The molecule has 2 aromatic rings. The van der Waals surface area contributed by atoms with Crippen LogP contribution in [0.3, 0.4) is 0 Å². The van der Waals surface area contributed by atoms with Crippen molar-refractivity contribution in [2.75, 3.05) is 14.1 Å². The van der Waals surface area contributed by atoms with E-state index >= 15 is 0 Å². The molecule has 1 atom stereocenters. The molecule has 1 unspecified atom stereocenters. The molecular weight excluding hydrogens is 256 g/mol. The van der Waals surface area contributed by atoms with Gasteiger partial charge in [-0.1, -0.05) is 54.6 Å². The number of nitrogens with zero attached hydrogens (tertiary/aromatic N) is 2. The van der Waals surface area contributed by atoms with Crippen molar-refractivity contribution in [1.29, 1.82) is 0 Å². The Labute approximate surface area is 127 Å². The SMILES string of the molecule is CN(C)/N=C1/c2ccccc2CCC1Cc1ccccc1. The molecule has 1 aliphatic rings. The van der Waals surface area contributed by atoms with Gasteiger partial charge in [0.05, 0.1) is 5.71 Å². The molecule has 0 saturated carbocycles. The van der Waals surface area contributed by atoms with Crippen molar-refractivity contribution in [2.24, 2.45) is 11.0 Å². The molecule has 0 radical (unpaired) electrons. The van der Waals surface area contributed by atoms with Gasteiger partial charge in [0.15, 0.2) is 0 Å². The molecule has 0 heterocycles. The van der Waals surface area contributed by atoms with E-state index in [1.807, 2.05) is 19.1 Å². The Kier molecular flexibility index (Phi) is 4.05. The molecule has 0 amide bonds. The molecule has 108 valence electrons. The van der Waals surface area contributed by atoms with Crippen LogP contribution in [-0.4, -0.2) is 24.8 Å². The predicted molar refractivity (Wildman–Crippen MR) is 88.6 cm³/mol. The Morgan fingerprint density at radius 3 is 2.48 bits per heavy atom. The predicted octanol–water partition coefficient (Wildman–Crippen LogP) is 3.76. The first-order chi connectivity index (χ1) is 10.2. The number of fused-ring (bicyclic) bond motifs is 1. The summed E-state index contributed by atoms with van der Waals surface area (Å²) in [5, 5.41) is 6.73. The number of rotatable bonds is 3. The highest BCUT2D eigenvalue weighted by molar-refractivity contribution is 6.04. The monoisotopic (exact) mass is 278 g/mol. The molecule has 1 aliphatic carbocycles. The summed E-state index contributed by atoms with van der Waals surface area (Å²) in [6.07, 6.45) is 3.40. The molecule has 0 aromatic heterocycles. The van der Waals surface area contributed by atoms with Crippen molar-refractivity contribution >= 4 is 5.71 Å². The topological polar surface area (TPSA) is 15.6 Å². The third-order valence-corrected chi connectivity index (χ3v) is 4.07. The number of benzene rings is 2. The van der Waals surface area contributed by atoms with E-state index in [4.69, 9.17) is 5.10 Å².